The number of carbonyl (C=O) groups excluding carboxylic acids is 4. The van der Waals surface area contributed by atoms with Gasteiger partial charge in [0.05, 0.1) is 11.1 Å². The van der Waals surface area contributed by atoms with Crippen molar-refractivity contribution in [2.75, 3.05) is 0 Å². The third-order valence-electron chi connectivity index (χ3n) is 6.41. The molecule has 146 valence electrons. The monoisotopic (exact) mass is 382 g/mol. The molecule has 0 radical (unpaired) electrons. The number of nitrogens with one attached hydrogen (secondary N) is 3. The zero-order valence-electron chi connectivity index (χ0n) is 15.4. The van der Waals surface area contributed by atoms with Crippen molar-refractivity contribution >= 4 is 23.6 Å². The Labute approximate surface area is 162 Å². The lowest BCUT2D eigenvalue weighted by atomic mass is 9.95. The van der Waals surface area contributed by atoms with Crippen LogP contribution in [0, 0.1) is 0 Å². The maximum atomic E-state index is 13.1. The number of amides is 4. The quantitative estimate of drug-likeness (QED) is 0.636. The first-order valence-electron chi connectivity index (χ1n) is 9.86. The minimum Gasteiger partial charge on any atom is -0.310 e. The molecular formula is C20H22N4O4. The SMILES string of the molecule is O=C1CCC(N2C(=O)c3cccc(CN[C@@H]4C[C@H]5CC[C@@H]4N5)c3C2=O)C(=O)N1. The number of benzene rings is 1. The average Bonchev–Trinajstić information content (AvgIpc) is 3.36. The third kappa shape index (κ3) is 2.67. The molecule has 4 heterocycles. The van der Waals surface area contributed by atoms with Gasteiger partial charge in [0, 0.05) is 31.1 Å². The second kappa shape index (κ2) is 6.49. The minimum absolute atomic E-state index is 0.120. The first kappa shape index (κ1) is 17.5. The maximum absolute atomic E-state index is 13.1. The second-order valence-corrected chi connectivity index (χ2v) is 8.06. The van der Waals surface area contributed by atoms with Crippen LogP contribution in [0.1, 0.15) is 58.4 Å². The van der Waals surface area contributed by atoms with Crippen molar-refractivity contribution in [3.05, 3.63) is 34.9 Å². The number of fused-ring (bicyclic) bond motifs is 3. The third-order valence-corrected chi connectivity index (χ3v) is 6.41. The van der Waals surface area contributed by atoms with E-state index in [-0.39, 0.29) is 18.7 Å². The van der Waals surface area contributed by atoms with Gasteiger partial charge in [-0.15, -0.1) is 0 Å². The number of nitrogens with zero attached hydrogens (tertiary/aromatic N) is 1. The molecule has 8 nitrogen and oxygen atoms in total. The Morgan fingerprint density at radius 3 is 2.64 bits per heavy atom. The Morgan fingerprint density at radius 2 is 1.93 bits per heavy atom. The highest BCUT2D eigenvalue weighted by atomic mass is 16.2. The molecule has 4 amide bonds. The number of carbonyl (C=O) groups is 4. The van der Waals surface area contributed by atoms with Crippen molar-refractivity contribution in [3.8, 4) is 0 Å². The van der Waals surface area contributed by atoms with Gasteiger partial charge >= 0.3 is 0 Å². The highest BCUT2D eigenvalue weighted by molar-refractivity contribution is 6.24. The van der Waals surface area contributed by atoms with Gasteiger partial charge in [0.2, 0.25) is 11.8 Å². The number of hydrogen-bond donors (Lipinski definition) is 3. The van der Waals surface area contributed by atoms with E-state index >= 15 is 0 Å². The number of piperidine rings is 1. The molecule has 0 saturated carbocycles. The van der Waals surface area contributed by atoms with Crippen LogP contribution < -0.4 is 16.0 Å². The smallest absolute Gasteiger partial charge is 0.262 e. The Hall–Kier alpha value is -2.58. The zero-order valence-corrected chi connectivity index (χ0v) is 15.4. The molecule has 0 aliphatic carbocycles. The van der Waals surface area contributed by atoms with E-state index in [1.807, 2.05) is 6.07 Å². The summed E-state index contributed by atoms with van der Waals surface area (Å²) in [5.41, 5.74) is 1.48. The molecule has 0 aromatic heterocycles. The van der Waals surface area contributed by atoms with E-state index in [1.54, 1.807) is 12.1 Å². The summed E-state index contributed by atoms with van der Waals surface area (Å²) in [5.74, 6) is -1.86. The first-order chi connectivity index (χ1) is 13.5. The van der Waals surface area contributed by atoms with Crippen molar-refractivity contribution in [2.24, 2.45) is 0 Å². The van der Waals surface area contributed by atoms with Gasteiger partial charge in [-0.3, -0.25) is 29.4 Å². The van der Waals surface area contributed by atoms with Gasteiger partial charge in [-0.05, 0) is 37.3 Å². The molecule has 8 heteroatoms. The van der Waals surface area contributed by atoms with Gasteiger partial charge in [0.25, 0.3) is 11.8 Å². The van der Waals surface area contributed by atoms with Crippen LogP contribution >= 0.6 is 0 Å². The van der Waals surface area contributed by atoms with Crippen molar-refractivity contribution in [1.82, 2.24) is 20.9 Å². The maximum Gasteiger partial charge on any atom is 0.262 e. The van der Waals surface area contributed by atoms with Gasteiger partial charge in [-0.2, -0.15) is 0 Å². The van der Waals surface area contributed by atoms with E-state index < -0.39 is 23.8 Å². The Balaban J connectivity index is 1.37. The summed E-state index contributed by atoms with van der Waals surface area (Å²) in [5, 5.41) is 9.34. The van der Waals surface area contributed by atoms with Gasteiger partial charge in [-0.25, -0.2) is 0 Å². The normalized spacial score (nSPS) is 31.5. The van der Waals surface area contributed by atoms with Crippen molar-refractivity contribution in [2.45, 2.75) is 62.8 Å². The predicted octanol–water partition coefficient (Wildman–Crippen LogP) is 0.0703. The van der Waals surface area contributed by atoms with Crippen LogP contribution in [-0.4, -0.2) is 52.7 Å². The standard InChI is InChI=1S/C20H22N4O4/c25-16-7-6-15(18(26)23-16)24-19(27)12-3-1-2-10(17(12)20(24)28)9-21-14-8-11-4-5-13(14)22-11/h1-3,11,13-15,21-22H,4-9H2,(H,23,25,26)/t11-,13+,14-,15?/m1/s1. The van der Waals surface area contributed by atoms with Crippen LogP contribution in [0.4, 0.5) is 0 Å². The van der Waals surface area contributed by atoms with Crippen molar-refractivity contribution < 1.29 is 19.2 Å². The molecule has 4 aliphatic heterocycles. The van der Waals surface area contributed by atoms with Crippen molar-refractivity contribution in [3.63, 3.8) is 0 Å². The summed E-state index contributed by atoms with van der Waals surface area (Å²) in [7, 11) is 0. The molecule has 4 aliphatic rings. The molecule has 3 N–H and O–H groups in total. The molecule has 2 bridgehead atoms. The van der Waals surface area contributed by atoms with Crippen LogP contribution in [0.15, 0.2) is 18.2 Å². The highest BCUT2D eigenvalue weighted by Crippen LogP contribution is 2.31. The number of rotatable bonds is 4. The summed E-state index contributed by atoms with van der Waals surface area (Å²) < 4.78 is 0. The molecule has 1 aromatic rings. The van der Waals surface area contributed by atoms with Crippen LogP contribution in [0.25, 0.3) is 0 Å². The lowest BCUT2D eigenvalue weighted by Crippen LogP contribution is -2.54. The summed E-state index contributed by atoms with van der Waals surface area (Å²) in [6.07, 6.45) is 3.75. The fraction of sp³-hybridized carbons (Fsp3) is 0.500. The molecule has 1 unspecified atom stereocenters. The topological polar surface area (TPSA) is 108 Å². The lowest BCUT2D eigenvalue weighted by Gasteiger charge is -2.28. The van der Waals surface area contributed by atoms with E-state index in [9.17, 15) is 19.2 Å². The van der Waals surface area contributed by atoms with Gasteiger partial charge in [0.1, 0.15) is 6.04 Å². The molecular weight excluding hydrogens is 360 g/mol. The van der Waals surface area contributed by atoms with E-state index in [0.29, 0.717) is 35.8 Å². The van der Waals surface area contributed by atoms with E-state index in [2.05, 4.69) is 16.0 Å². The average molecular weight is 382 g/mol. The van der Waals surface area contributed by atoms with E-state index in [1.165, 1.54) is 6.42 Å². The summed E-state index contributed by atoms with van der Waals surface area (Å²) in [4.78, 5) is 50.6. The number of hydrogen-bond acceptors (Lipinski definition) is 6. The van der Waals surface area contributed by atoms with E-state index in [0.717, 1.165) is 23.3 Å². The largest absolute Gasteiger partial charge is 0.310 e. The van der Waals surface area contributed by atoms with Crippen LogP contribution in [0.5, 0.6) is 0 Å². The molecule has 4 atom stereocenters. The molecule has 5 rings (SSSR count). The second-order valence-electron chi connectivity index (χ2n) is 8.06. The van der Waals surface area contributed by atoms with Gasteiger partial charge in [-0.1, -0.05) is 12.1 Å². The fourth-order valence-electron chi connectivity index (χ4n) is 5.02. The van der Waals surface area contributed by atoms with Crippen LogP contribution in [0.2, 0.25) is 0 Å². The lowest BCUT2D eigenvalue weighted by molar-refractivity contribution is -0.136. The first-order valence-corrected chi connectivity index (χ1v) is 9.86. The molecule has 0 spiro atoms. The van der Waals surface area contributed by atoms with Gasteiger partial charge < -0.3 is 10.6 Å². The molecule has 3 saturated heterocycles. The highest BCUT2D eigenvalue weighted by Gasteiger charge is 2.45. The van der Waals surface area contributed by atoms with Crippen molar-refractivity contribution in [1.29, 1.82) is 0 Å². The van der Waals surface area contributed by atoms with Crippen LogP contribution in [-0.2, 0) is 16.1 Å². The molecule has 3 fully saturated rings. The zero-order chi connectivity index (χ0) is 19.4. The Morgan fingerprint density at radius 1 is 1.07 bits per heavy atom. The minimum atomic E-state index is -0.930. The predicted molar refractivity (Wildman–Crippen MR) is 98.3 cm³/mol. The Kier molecular flexibility index (Phi) is 4.06. The van der Waals surface area contributed by atoms with Gasteiger partial charge in [0.15, 0.2) is 0 Å². The molecule has 1 aromatic carbocycles. The summed E-state index contributed by atoms with van der Waals surface area (Å²) in [6, 6.07) is 5.74. The van der Waals surface area contributed by atoms with Crippen LogP contribution in [0.3, 0.4) is 0 Å². The number of imide groups is 2. The Bertz CT molecular complexity index is 898. The fourth-order valence-corrected chi connectivity index (χ4v) is 5.02. The summed E-state index contributed by atoms with van der Waals surface area (Å²) in [6.45, 7) is 0.501. The van der Waals surface area contributed by atoms with E-state index in [4.69, 9.17) is 0 Å². The molecule has 28 heavy (non-hydrogen) atoms. The summed E-state index contributed by atoms with van der Waals surface area (Å²) >= 11 is 0.